The van der Waals surface area contributed by atoms with Gasteiger partial charge in [0.15, 0.2) is 0 Å². The topological polar surface area (TPSA) is 51.2 Å². The third kappa shape index (κ3) is 4.15. The molecular weight excluding hydrogens is 296 g/mol. The van der Waals surface area contributed by atoms with E-state index in [1.165, 1.54) is 7.11 Å². The third-order valence-corrected chi connectivity index (χ3v) is 4.57. The van der Waals surface area contributed by atoms with E-state index in [-0.39, 0.29) is 11.4 Å². The number of esters is 1. The highest BCUT2D eigenvalue weighted by Gasteiger charge is 2.22. The molecule has 118 valence electrons. The van der Waals surface area contributed by atoms with Crippen molar-refractivity contribution in [2.75, 3.05) is 7.11 Å². The summed E-state index contributed by atoms with van der Waals surface area (Å²) in [4.78, 5) is 16.6. The molecule has 0 aliphatic rings. The van der Waals surface area contributed by atoms with Crippen LogP contribution < -0.4 is 5.32 Å². The fourth-order valence-electron chi connectivity index (χ4n) is 2.04. The van der Waals surface area contributed by atoms with Crippen molar-refractivity contribution in [2.24, 2.45) is 0 Å². The molecule has 0 radical (unpaired) electrons. The van der Waals surface area contributed by atoms with Gasteiger partial charge in [0.1, 0.15) is 6.04 Å². The highest BCUT2D eigenvalue weighted by atomic mass is 32.1. The number of methoxy groups -OCH3 is 1. The van der Waals surface area contributed by atoms with Crippen LogP contribution in [0.5, 0.6) is 0 Å². The summed E-state index contributed by atoms with van der Waals surface area (Å²) >= 11 is 1.65. The standard InChI is InChI=1S/C17H22N2O2S/c1-17(2,3)16-19-13(11-22-16)10-18-14(15(20)21-4)12-8-6-5-7-9-12/h5-9,11,14,18H,10H2,1-4H3. The largest absolute Gasteiger partial charge is 0.468 e. The van der Waals surface area contributed by atoms with Gasteiger partial charge in [-0.3, -0.25) is 5.32 Å². The number of ether oxygens (including phenoxy) is 1. The Morgan fingerprint density at radius 2 is 2.00 bits per heavy atom. The lowest BCUT2D eigenvalue weighted by atomic mass is 9.98. The molecule has 1 unspecified atom stereocenters. The normalized spacial score (nSPS) is 12.9. The molecule has 1 aromatic heterocycles. The Kier molecular flexibility index (Phi) is 5.32. The number of rotatable bonds is 5. The molecule has 1 aromatic carbocycles. The van der Waals surface area contributed by atoms with Crippen LogP contribution in [0.3, 0.4) is 0 Å². The summed E-state index contributed by atoms with van der Waals surface area (Å²) in [6.45, 7) is 6.96. The van der Waals surface area contributed by atoms with Gasteiger partial charge >= 0.3 is 5.97 Å². The monoisotopic (exact) mass is 318 g/mol. The summed E-state index contributed by atoms with van der Waals surface area (Å²) < 4.78 is 4.90. The summed E-state index contributed by atoms with van der Waals surface area (Å²) in [5.41, 5.74) is 1.88. The van der Waals surface area contributed by atoms with Gasteiger partial charge in [-0.05, 0) is 5.56 Å². The van der Waals surface area contributed by atoms with Gasteiger partial charge in [0.2, 0.25) is 0 Å². The number of thiazole rings is 1. The summed E-state index contributed by atoms with van der Waals surface area (Å²) in [5.74, 6) is -0.294. The molecule has 2 aromatic rings. The van der Waals surface area contributed by atoms with E-state index in [1.807, 2.05) is 35.7 Å². The molecule has 0 aliphatic heterocycles. The molecule has 0 aliphatic carbocycles. The maximum Gasteiger partial charge on any atom is 0.327 e. The number of nitrogens with zero attached hydrogens (tertiary/aromatic N) is 1. The zero-order chi connectivity index (χ0) is 16.2. The molecule has 4 nitrogen and oxygen atoms in total. The van der Waals surface area contributed by atoms with Gasteiger partial charge in [-0.2, -0.15) is 0 Å². The lowest BCUT2D eigenvalue weighted by molar-refractivity contribution is -0.143. The van der Waals surface area contributed by atoms with E-state index in [1.54, 1.807) is 11.3 Å². The second kappa shape index (κ2) is 7.03. The molecule has 22 heavy (non-hydrogen) atoms. The van der Waals surface area contributed by atoms with Crippen LogP contribution in [0.2, 0.25) is 0 Å². The van der Waals surface area contributed by atoms with Gasteiger partial charge in [-0.1, -0.05) is 51.1 Å². The summed E-state index contributed by atoms with van der Waals surface area (Å²) in [6, 6.07) is 9.09. The molecule has 0 spiro atoms. The van der Waals surface area contributed by atoms with Crippen molar-refractivity contribution in [3.05, 3.63) is 52.0 Å². The minimum absolute atomic E-state index is 0.0457. The van der Waals surface area contributed by atoms with Crippen LogP contribution in [0.4, 0.5) is 0 Å². The van der Waals surface area contributed by atoms with Crippen LogP contribution in [-0.2, 0) is 21.5 Å². The van der Waals surface area contributed by atoms with Crippen molar-refractivity contribution in [2.45, 2.75) is 38.8 Å². The van der Waals surface area contributed by atoms with E-state index in [0.29, 0.717) is 6.54 Å². The van der Waals surface area contributed by atoms with Crippen LogP contribution in [0.25, 0.3) is 0 Å². The highest BCUT2D eigenvalue weighted by Crippen LogP contribution is 2.25. The number of benzene rings is 1. The van der Waals surface area contributed by atoms with Crippen molar-refractivity contribution < 1.29 is 9.53 Å². The summed E-state index contributed by atoms with van der Waals surface area (Å²) in [7, 11) is 1.40. The Morgan fingerprint density at radius 1 is 1.32 bits per heavy atom. The molecule has 1 heterocycles. The molecule has 5 heteroatoms. The van der Waals surface area contributed by atoms with Crippen molar-refractivity contribution in [3.63, 3.8) is 0 Å². The van der Waals surface area contributed by atoms with E-state index in [9.17, 15) is 4.79 Å². The van der Waals surface area contributed by atoms with E-state index < -0.39 is 6.04 Å². The molecule has 2 rings (SSSR count). The van der Waals surface area contributed by atoms with Crippen LogP contribution in [-0.4, -0.2) is 18.1 Å². The second-order valence-electron chi connectivity index (χ2n) is 6.14. The molecule has 0 amide bonds. The predicted octanol–water partition coefficient (Wildman–Crippen LogP) is 3.44. The Morgan fingerprint density at radius 3 is 2.55 bits per heavy atom. The van der Waals surface area contributed by atoms with E-state index in [0.717, 1.165) is 16.3 Å². The molecular formula is C17H22N2O2S. The molecule has 1 atom stereocenters. The first-order chi connectivity index (χ1) is 10.4. The first-order valence-corrected chi connectivity index (χ1v) is 8.11. The van der Waals surface area contributed by atoms with Gasteiger partial charge in [0.05, 0.1) is 17.8 Å². The molecule has 0 saturated carbocycles. The first-order valence-electron chi connectivity index (χ1n) is 7.23. The van der Waals surface area contributed by atoms with E-state index in [2.05, 4.69) is 31.1 Å². The van der Waals surface area contributed by atoms with Crippen molar-refractivity contribution in [1.82, 2.24) is 10.3 Å². The Bertz CT molecular complexity index is 617. The SMILES string of the molecule is COC(=O)C(NCc1csc(C(C)(C)C)n1)c1ccccc1. The van der Waals surface area contributed by atoms with Gasteiger partial charge in [-0.25, -0.2) is 9.78 Å². The zero-order valence-electron chi connectivity index (χ0n) is 13.4. The minimum Gasteiger partial charge on any atom is -0.468 e. The van der Waals surface area contributed by atoms with Gasteiger partial charge in [-0.15, -0.1) is 11.3 Å². The summed E-state index contributed by atoms with van der Waals surface area (Å²) in [6.07, 6.45) is 0. The fourth-order valence-corrected chi connectivity index (χ4v) is 2.95. The predicted molar refractivity (Wildman–Crippen MR) is 88.9 cm³/mol. The lowest BCUT2D eigenvalue weighted by Gasteiger charge is -2.16. The quantitative estimate of drug-likeness (QED) is 0.858. The van der Waals surface area contributed by atoms with Gasteiger partial charge < -0.3 is 4.74 Å². The Balaban J connectivity index is 2.09. The van der Waals surface area contributed by atoms with Gasteiger partial charge in [0, 0.05) is 17.3 Å². The van der Waals surface area contributed by atoms with Crippen LogP contribution in [0, 0.1) is 0 Å². The average Bonchev–Trinajstić information content (AvgIpc) is 2.97. The van der Waals surface area contributed by atoms with Crippen molar-refractivity contribution >= 4 is 17.3 Å². The zero-order valence-corrected chi connectivity index (χ0v) is 14.2. The van der Waals surface area contributed by atoms with E-state index >= 15 is 0 Å². The van der Waals surface area contributed by atoms with Gasteiger partial charge in [0.25, 0.3) is 0 Å². The number of hydrogen-bond acceptors (Lipinski definition) is 5. The number of nitrogens with one attached hydrogen (secondary N) is 1. The lowest BCUT2D eigenvalue weighted by Crippen LogP contribution is -2.29. The maximum absolute atomic E-state index is 12.0. The fraction of sp³-hybridized carbons (Fsp3) is 0.412. The number of hydrogen-bond donors (Lipinski definition) is 1. The Hall–Kier alpha value is -1.72. The molecule has 0 saturated heterocycles. The smallest absolute Gasteiger partial charge is 0.327 e. The van der Waals surface area contributed by atoms with Crippen molar-refractivity contribution in [1.29, 1.82) is 0 Å². The molecule has 0 bridgehead atoms. The number of carbonyl (C=O) groups excluding carboxylic acids is 1. The Labute approximate surface area is 135 Å². The molecule has 0 fully saturated rings. The minimum atomic E-state index is -0.481. The number of aromatic nitrogens is 1. The van der Waals surface area contributed by atoms with E-state index in [4.69, 9.17) is 4.74 Å². The van der Waals surface area contributed by atoms with Crippen LogP contribution in [0.15, 0.2) is 35.7 Å². The third-order valence-electron chi connectivity index (χ3n) is 3.25. The first kappa shape index (κ1) is 16.6. The highest BCUT2D eigenvalue weighted by molar-refractivity contribution is 7.09. The van der Waals surface area contributed by atoms with Crippen LogP contribution >= 0.6 is 11.3 Å². The van der Waals surface area contributed by atoms with Crippen LogP contribution in [0.1, 0.15) is 43.1 Å². The number of carbonyl (C=O) groups is 1. The summed E-state index contributed by atoms with van der Waals surface area (Å²) in [5, 5.41) is 6.37. The maximum atomic E-state index is 12.0. The second-order valence-corrected chi connectivity index (χ2v) is 7.00. The molecule has 1 N–H and O–H groups in total. The van der Waals surface area contributed by atoms with Crippen molar-refractivity contribution in [3.8, 4) is 0 Å². The average molecular weight is 318 g/mol.